The molecule has 2 N–H and O–H groups in total. The molecule has 5 heteroatoms. The van der Waals surface area contributed by atoms with Crippen LogP contribution >= 0.6 is 0 Å². The van der Waals surface area contributed by atoms with E-state index in [0.717, 1.165) is 43.0 Å². The molecule has 1 aromatic carbocycles. The first kappa shape index (κ1) is 16.1. The fraction of sp³-hybridized carbons (Fsp3) is 0.625. The lowest BCUT2D eigenvalue weighted by molar-refractivity contribution is 0.0277. The van der Waals surface area contributed by atoms with Crippen molar-refractivity contribution >= 4 is 0 Å². The Morgan fingerprint density at radius 1 is 1.19 bits per heavy atom. The number of piperidine rings is 1. The smallest absolute Gasteiger partial charge is 0.127 e. The molecule has 1 atom stereocenters. The second-order valence-electron chi connectivity index (χ2n) is 5.33. The van der Waals surface area contributed by atoms with E-state index in [9.17, 15) is 0 Å². The Bertz CT molecular complexity index is 445. The SMILES string of the molecule is COc1ccc(C(CN)N2CCC(OC)CC2)c(OC)c1. The summed E-state index contributed by atoms with van der Waals surface area (Å²) in [5.74, 6) is 1.63. The van der Waals surface area contributed by atoms with E-state index >= 15 is 0 Å². The number of hydrogen-bond donors (Lipinski definition) is 1. The van der Waals surface area contributed by atoms with Gasteiger partial charge in [-0.3, -0.25) is 4.90 Å². The van der Waals surface area contributed by atoms with Crippen molar-refractivity contribution in [1.29, 1.82) is 0 Å². The van der Waals surface area contributed by atoms with Gasteiger partial charge in [-0.2, -0.15) is 0 Å². The van der Waals surface area contributed by atoms with Gasteiger partial charge in [-0.05, 0) is 18.9 Å². The minimum absolute atomic E-state index is 0.170. The highest BCUT2D eigenvalue weighted by molar-refractivity contribution is 5.42. The molecule has 0 spiro atoms. The predicted molar refractivity (Wildman–Crippen MR) is 82.9 cm³/mol. The highest BCUT2D eigenvalue weighted by atomic mass is 16.5. The number of ether oxygens (including phenoxy) is 3. The van der Waals surface area contributed by atoms with E-state index in [1.165, 1.54) is 0 Å². The molecule has 118 valence electrons. The Labute approximate surface area is 127 Å². The lowest BCUT2D eigenvalue weighted by atomic mass is 9.99. The molecule has 0 aliphatic carbocycles. The monoisotopic (exact) mass is 294 g/mol. The quantitative estimate of drug-likeness (QED) is 0.867. The summed E-state index contributed by atoms with van der Waals surface area (Å²) in [5, 5.41) is 0. The number of nitrogens with two attached hydrogens (primary N) is 1. The average Bonchev–Trinajstić information content (AvgIpc) is 2.56. The normalized spacial score (nSPS) is 18.5. The number of rotatable bonds is 6. The van der Waals surface area contributed by atoms with Gasteiger partial charge in [0.05, 0.1) is 26.4 Å². The molecule has 1 saturated heterocycles. The molecule has 1 aliphatic rings. The molecule has 1 aromatic rings. The van der Waals surface area contributed by atoms with Crippen LogP contribution in [0.3, 0.4) is 0 Å². The molecule has 2 rings (SSSR count). The molecule has 0 radical (unpaired) electrons. The van der Waals surface area contributed by atoms with Crippen LogP contribution in [0, 0.1) is 0 Å². The third kappa shape index (κ3) is 3.67. The molecule has 1 fully saturated rings. The number of benzene rings is 1. The van der Waals surface area contributed by atoms with E-state index in [1.54, 1.807) is 21.3 Å². The van der Waals surface area contributed by atoms with Crippen LogP contribution in [0.25, 0.3) is 0 Å². The standard InChI is InChI=1S/C16H26N2O3/c1-19-12-6-8-18(9-7-12)15(11-17)14-5-4-13(20-2)10-16(14)21-3/h4-5,10,12,15H,6-9,11,17H2,1-3H3. The first-order valence-electron chi connectivity index (χ1n) is 7.42. The van der Waals surface area contributed by atoms with E-state index < -0.39 is 0 Å². The Morgan fingerprint density at radius 3 is 2.43 bits per heavy atom. The van der Waals surface area contributed by atoms with Crippen molar-refractivity contribution in [2.24, 2.45) is 5.73 Å². The number of methoxy groups -OCH3 is 3. The maximum atomic E-state index is 6.04. The molecule has 5 nitrogen and oxygen atoms in total. The van der Waals surface area contributed by atoms with Crippen molar-refractivity contribution in [2.75, 3.05) is 41.0 Å². The summed E-state index contributed by atoms with van der Waals surface area (Å²) in [5.41, 5.74) is 7.16. The summed E-state index contributed by atoms with van der Waals surface area (Å²) in [4.78, 5) is 2.42. The molecule has 21 heavy (non-hydrogen) atoms. The van der Waals surface area contributed by atoms with E-state index in [0.29, 0.717) is 12.6 Å². The van der Waals surface area contributed by atoms with Crippen LogP contribution in [-0.4, -0.2) is 52.0 Å². The van der Waals surface area contributed by atoms with Crippen LogP contribution in [0.5, 0.6) is 11.5 Å². The number of nitrogens with zero attached hydrogens (tertiary/aromatic N) is 1. The fourth-order valence-electron chi connectivity index (χ4n) is 2.99. The molecular weight excluding hydrogens is 268 g/mol. The van der Waals surface area contributed by atoms with Crippen LogP contribution in [0.15, 0.2) is 18.2 Å². The van der Waals surface area contributed by atoms with Gasteiger partial charge in [0.15, 0.2) is 0 Å². The maximum Gasteiger partial charge on any atom is 0.127 e. The third-order valence-corrected chi connectivity index (χ3v) is 4.27. The Balaban J connectivity index is 2.17. The first-order chi connectivity index (χ1) is 10.2. The predicted octanol–water partition coefficient (Wildman–Crippen LogP) is 1.81. The van der Waals surface area contributed by atoms with Crippen LogP contribution in [0.1, 0.15) is 24.4 Å². The molecule has 0 amide bonds. The van der Waals surface area contributed by atoms with Gasteiger partial charge in [-0.25, -0.2) is 0 Å². The zero-order valence-electron chi connectivity index (χ0n) is 13.2. The fourth-order valence-corrected chi connectivity index (χ4v) is 2.99. The van der Waals surface area contributed by atoms with Crippen molar-refractivity contribution in [3.63, 3.8) is 0 Å². The Morgan fingerprint density at radius 2 is 1.90 bits per heavy atom. The second-order valence-corrected chi connectivity index (χ2v) is 5.33. The molecule has 1 heterocycles. The minimum atomic E-state index is 0.170. The summed E-state index contributed by atoms with van der Waals surface area (Å²) >= 11 is 0. The van der Waals surface area contributed by atoms with E-state index in [1.807, 2.05) is 12.1 Å². The van der Waals surface area contributed by atoms with Gasteiger partial charge in [0.1, 0.15) is 11.5 Å². The number of hydrogen-bond acceptors (Lipinski definition) is 5. The topological polar surface area (TPSA) is 57.0 Å². The summed E-state index contributed by atoms with van der Waals surface area (Å²) in [6.07, 6.45) is 2.47. The Kier molecular flexibility index (Phi) is 5.85. The van der Waals surface area contributed by atoms with Crippen LogP contribution in [-0.2, 0) is 4.74 Å². The van der Waals surface area contributed by atoms with E-state index in [-0.39, 0.29) is 6.04 Å². The number of likely N-dealkylation sites (tertiary alicyclic amines) is 1. The van der Waals surface area contributed by atoms with Crippen molar-refractivity contribution in [1.82, 2.24) is 4.90 Å². The van der Waals surface area contributed by atoms with Gasteiger partial charge in [0, 0.05) is 38.4 Å². The summed E-state index contributed by atoms with van der Waals surface area (Å²) in [6, 6.07) is 6.10. The van der Waals surface area contributed by atoms with Gasteiger partial charge in [0.25, 0.3) is 0 Å². The average molecular weight is 294 g/mol. The molecule has 0 saturated carbocycles. The molecular formula is C16H26N2O3. The molecule has 1 aliphatic heterocycles. The van der Waals surface area contributed by atoms with Crippen molar-refractivity contribution < 1.29 is 14.2 Å². The van der Waals surface area contributed by atoms with Crippen molar-refractivity contribution in [2.45, 2.75) is 25.0 Å². The minimum Gasteiger partial charge on any atom is -0.497 e. The second kappa shape index (κ2) is 7.64. The summed E-state index contributed by atoms with van der Waals surface area (Å²) < 4.78 is 16.2. The van der Waals surface area contributed by atoms with Crippen molar-refractivity contribution in [3.8, 4) is 11.5 Å². The zero-order chi connectivity index (χ0) is 15.2. The van der Waals surface area contributed by atoms with Crippen LogP contribution in [0.2, 0.25) is 0 Å². The zero-order valence-corrected chi connectivity index (χ0v) is 13.2. The van der Waals surface area contributed by atoms with Gasteiger partial charge < -0.3 is 19.9 Å². The van der Waals surface area contributed by atoms with Gasteiger partial charge in [0.2, 0.25) is 0 Å². The van der Waals surface area contributed by atoms with Gasteiger partial charge >= 0.3 is 0 Å². The summed E-state index contributed by atoms with van der Waals surface area (Å²) in [6.45, 7) is 2.56. The molecule has 1 unspecified atom stereocenters. The summed E-state index contributed by atoms with van der Waals surface area (Å²) in [7, 11) is 5.13. The lowest BCUT2D eigenvalue weighted by Gasteiger charge is -2.37. The maximum absolute atomic E-state index is 6.04. The molecule has 0 aromatic heterocycles. The third-order valence-electron chi connectivity index (χ3n) is 4.27. The highest BCUT2D eigenvalue weighted by Gasteiger charge is 2.27. The van der Waals surface area contributed by atoms with Crippen LogP contribution < -0.4 is 15.2 Å². The van der Waals surface area contributed by atoms with Gasteiger partial charge in [-0.15, -0.1) is 0 Å². The van der Waals surface area contributed by atoms with Crippen molar-refractivity contribution in [3.05, 3.63) is 23.8 Å². The highest BCUT2D eigenvalue weighted by Crippen LogP contribution is 2.33. The van der Waals surface area contributed by atoms with E-state index in [2.05, 4.69) is 11.0 Å². The van der Waals surface area contributed by atoms with Gasteiger partial charge in [-0.1, -0.05) is 6.07 Å². The molecule has 0 bridgehead atoms. The first-order valence-corrected chi connectivity index (χ1v) is 7.42. The van der Waals surface area contributed by atoms with E-state index in [4.69, 9.17) is 19.9 Å². The lowest BCUT2D eigenvalue weighted by Crippen LogP contribution is -2.41. The van der Waals surface area contributed by atoms with Crippen LogP contribution in [0.4, 0.5) is 0 Å². The largest absolute Gasteiger partial charge is 0.497 e. The Hall–Kier alpha value is -1.30.